The van der Waals surface area contributed by atoms with E-state index in [1.54, 1.807) is 30.5 Å². The van der Waals surface area contributed by atoms with Crippen molar-refractivity contribution in [2.75, 3.05) is 13.7 Å². The quantitative estimate of drug-likeness (QED) is 0.402. The zero-order chi connectivity index (χ0) is 22.1. The van der Waals surface area contributed by atoms with Crippen molar-refractivity contribution >= 4 is 12.1 Å². The number of methoxy groups -OCH3 is 1. The largest absolute Gasteiger partial charge is 0.496 e. The lowest BCUT2D eigenvalue weighted by Crippen LogP contribution is -2.18. The number of nitrogens with zero attached hydrogens (tertiary/aromatic N) is 1. The molecular formula is C25H26N2O4. The van der Waals surface area contributed by atoms with E-state index in [4.69, 9.17) is 14.2 Å². The van der Waals surface area contributed by atoms with E-state index in [1.807, 2.05) is 37.3 Å². The Morgan fingerprint density at radius 2 is 1.74 bits per heavy atom. The molecule has 0 aliphatic rings. The molecule has 0 unspecified atom stereocenters. The molecule has 6 nitrogen and oxygen atoms in total. The Kier molecular flexibility index (Phi) is 7.65. The summed E-state index contributed by atoms with van der Waals surface area (Å²) in [4.78, 5) is 12.3. The third-order valence-corrected chi connectivity index (χ3v) is 4.51. The highest BCUT2D eigenvalue weighted by atomic mass is 16.5. The molecule has 0 aliphatic heterocycles. The van der Waals surface area contributed by atoms with Gasteiger partial charge in [-0.15, -0.1) is 0 Å². The van der Waals surface area contributed by atoms with Gasteiger partial charge in [-0.3, -0.25) is 4.79 Å². The number of carbonyl (C=O) groups excluding carboxylic acids is 1. The first-order valence-electron chi connectivity index (χ1n) is 10.0. The van der Waals surface area contributed by atoms with Crippen molar-refractivity contribution < 1.29 is 19.0 Å². The van der Waals surface area contributed by atoms with Crippen molar-refractivity contribution in [3.8, 4) is 17.2 Å². The summed E-state index contributed by atoms with van der Waals surface area (Å²) in [5, 5.41) is 4.05. The van der Waals surface area contributed by atoms with Gasteiger partial charge in [-0.05, 0) is 55.3 Å². The van der Waals surface area contributed by atoms with Gasteiger partial charge < -0.3 is 14.2 Å². The highest BCUT2D eigenvalue weighted by Crippen LogP contribution is 2.29. The zero-order valence-electron chi connectivity index (χ0n) is 17.9. The number of ether oxygens (including phenoxy) is 3. The smallest absolute Gasteiger partial charge is 0.275 e. The van der Waals surface area contributed by atoms with E-state index in [-0.39, 0.29) is 5.91 Å². The molecule has 0 atom stereocenters. The molecule has 0 saturated carbocycles. The molecule has 0 saturated heterocycles. The first kappa shape index (κ1) is 21.9. The van der Waals surface area contributed by atoms with Crippen LogP contribution in [0, 0.1) is 6.92 Å². The van der Waals surface area contributed by atoms with Crippen LogP contribution < -0.4 is 19.6 Å². The molecular weight excluding hydrogens is 392 g/mol. The van der Waals surface area contributed by atoms with E-state index in [0.29, 0.717) is 36.0 Å². The third kappa shape index (κ3) is 6.09. The molecule has 0 spiro atoms. The molecule has 3 rings (SSSR count). The van der Waals surface area contributed by atoms with Crippen molar-refractivity contribution in [2.24, 2.45) is 5.10 Å². The lowest BCUT2D eigenvalue weighted by Gasteiger charge is -2.13. The fourth-order valence-corrected chi connectivity index (χ4v) is 2.90. The Morgan fingerprint density at radius 1 is 0.968 bits per heavy atom. The Balaban J connectivity index is 1.66. The number of amides is 1. The van der Waals surface area contributed by atoms with Gasteiger partial charge in [-0.1, -0.05) is 42.0 Å². The second kappa shape index (κ2) is 10.8. The number of benzene rings is 3. The Hall–Kier alpha value is -3.80. The molecule has 0 radical (unpaired) electrons. The highest BCUT2D eigenvalue weighted by molar-refractivity contribution is 5.97. The van der Waals surface area contributed by atoms with Gasteiger partial charge in [0.05, 0.1) is 25.5 Å². The Morgan fingerprint density at radius 3 is 2.48 bits per heavy atom. The summed E-state index contributed by atoms with van der Waals surface area (Å²) in [6.07, 6.45) is 1.56. The molecule has 0 heterocycles. The van der Waals surface area contributed by atoms with Crippen LogP contribution in [0.25, 0.3) is 0 Å². The predicted molar refractivity (Wildman–Crippen MR) is 121 cm³/mol. The molecule has 160 valence electrons. The average molecular weight is 418 g/mol. The first-order valence-corrected chi connectivity index (χ1v) is 10.0. The monoisotopic (exact) mass is 418 g/mol. The number of hydrazone groups is 1. The number of aryl methyl sites for hydroxylation is 1. The molecule has 1 amide bonds. The van der Waals surface area contributed by atoms with Gasteiger partial charge in [0.1, 0.15) is 12.4 Å². The molecule has 1 N–H and O–H groups in total. The number of hydrogen-bond donors (Lipinski definition) is 1. The fraction of sp³-hybridized carbons (Fsp3) is 0.200. The van der Waals surface area contributed by atoms with Gasteiger partial charge >= 0.3 is 0 Å². The normalized spacial score (nSPS) is 10.7. The van der Waals surface area contributed by atoms with E-state index in [1.165, 1.54) is 12.7 Å². The standard InChI is InChI=1S/C25H26N2O4/c1-4-30-24-15-20(13-14-23(24)31-17-19-11-9-18(2)10-12-19)16-26-27-25(28)21-7-5-6-8-22(21)29-3/h5-16H,4,17H2,1-3H3,(H,27,28)/b26-16+. The van der Waals surface area contributed by atoms with Crippen LogP contribution in [0.2, 0.25) is 0 Å². The molecule has 0 fully saturated rings. The molecule has 0 aromatic heterocycles. The summed E-state index contributed by atoms with van der Waals surface area (Å²) in [5.41, 5.74) is 5.99. The van der Waals surface area contributed by atoms with Crippen LogP contribution in [-0.2, 0) is 6.61 Å². The van der Waals surface area contributed by atoms with Crippen molar-refractivity contribution in [2.45, 2.75) is 20.5 Å². The van der Waals surface area contributed by atoms with Crippen LogP contribution in [0.15, 0.2) is 71.8 Å². The molecule has 6 heteroatoms. The van der Waals surface area contributed by atoms with Gasteiger partial charge in [0.25, 0.3) is 5.91 Å². The van der Waals surface area contributed by atoms with Crippen molar-refractivity contribution in [1.29, 1.82) is 0 Å². The van der Waals surface area contributed by atoms with Crippen LogP contribution in [0.4, 0.5) is 0 Å². The SMILES string of the molecule is CCOc1cc(/C=N/NC(=O)c2ccccc2OC)ccc1OCc1ccc(C)cc1. The van der Waals surface area contributed by atoms with Gasteiger partial charge in [0.15, 0.2) is 11.5 Å². The first-order chi connectivity index (χ1) is 15.1. The van der Waals surface area contributed by atoms with E-state index < -0.39 is 0 Å². The van der Waals surface area contributed by atoms with Crippen molar-refractivity contribution in [3.63, 3.8) is 0 Å². The van der Waals surface area contributed by atoms with Crippen LogP contribution in [0.3, 0.4) is 0 Å². The highest BCUT2D eigenvalue weighted by Gasteiger charge is 2.10. The predicted octanol–water partition coefficient (Wildman–Crippen LogP) is 4.75. The molecule has 0 aliphatic carbocycles. The molecule has 3 aromatic rings. The molecule has 0 bridgehead atoms. The minimum absolute atomic E-state index is 0.350. The van der Waals surface area contributed by atoms with Crippen LogP contribution in [0.1, 0.15) is 34.0 Å². The summed E-state index contributed by atoms with van der Waals surface area (Å²) in [6, 6.07) is 20.7. The van der Waals surface area contributed by atoms with Crippen molar-refractivity contribution in [1.82, 2.24) is 5.43 Å². The number of hydrogen-bond acceptors (Lipinski definition) is 5. The van der Waals surface area contributed by atoms with Gasteiger partial charge in [0, 0.05) is 0 Å². The minimum atomic E-state index is -0.350. The second-order valence-corrected chi connectivity index (χ2v) is 6.81. The fourth-order valence-electron chi connectivity index (χ4n) is 2.90. The Bertz CT molecular complexity index is 1050. The minimum Gasteiger partial charge on any atom is -0.496 e. The molecule has 31 heavy (non-hydrogen) atoms. The number of nitrogens with one attached hydrogen (secondary N) is 1. The molecule has 3 aromatic carbocycles. The number of para-hydroxylation sites is 1. The van der Waals surface area contributed by atoms with E-state index >= 15 is 0 Å². The Labute approximate surface area is 182 Å². The third-order valence-electron chi connectivity index (χ3n) is 4.51. The van der Waals surface area contributed by atoms with Crippen LogP contribution in [-0.4, -0.2) is 25.8 Å². The van der Waals surface area contributed by atoms with Gasteiger partial charge in [0.2, 0.25) is 0 Å². The van der Waals surface area contributed by atoms with Crippen LogP contribution in [0.5, 0.6) is 17.2 Å². The zero-order valence-corrected chi connectivity index (χ0v) is 17.9. The number of carbonyl (C=O) groups is 1. The van der Waals surface area contributed by atoms with E-state index in [2.05, 4.69) is 29.6 Å². The maximum Gasteiger partial charge on any atom is 0.275 e. The lowest BCUT2D eigenvalue weighted by molar-refractivity contribution is 0.0952. The maximum absolute atomic E-state index is 12.3. The van der Waals surface area contributed by atoms with Gasteiger partial charge in [-0.2, -0.15) is 5.10 Å². The summed E-state index contributed by atoms with van der Waals surface area (Å²) in [6.45, 7) is 4.92. The van der Waals surface area contributed by atoms with E-state index in [0.717, 1.165) is 11.1 Å². The summed E-state index contributed by atoms with van der Waals surface area (Å²) in [7, 11) is 1.52. The average Bonchev–Trinajstić information content (AvgIpc) is 2.79. The summed E-state index contributed by atoms with van der Waals surface area (Å²) in [5.74, 6) is 1.41. The number of rotatable bonds is 9. The van der Waals surface area contributed by atoms with Gasteiger partial charge in [-0.25, -0.2) is 5.43 Å². The summed E-state index contributed by atoms with van der Waals surface area (Å²) < 4.78 is 16.9. The van der Waals surface area contributed by atoms with Crippen molar-refractivity contribution in [3.05, 3.63) is 89.0 Å². The van der Waals surface area contributed by atoms with E-state index in [9.17, 15) is 4.79 Å². The van der Waals surface area contributed by atoms with Crippen LogP contribution >= 0.6 is 0 Å². The second-order valence-electron chi connectivity index (χ2n) is 6.81. The topological polar surface area (TPSA) is 69.2 Å². The lowest BCUT2D eigenvalue weighted by atomic mass is 10.2. The maximum atomic E-state index is 12.3. The summed E-state index contributed by atoms with van der Waals surface area (Å²) >= 11 is 0.